The first-order valence-corrected chi connectivity index (χ1v) is 7.42. The molecule has 0 heterocycles. The highest BCUT2D eigenvalue weighted by atomic mass is 35.5. The maximum atomic E-state index is 12.4. The van der Waals surface area contributed by atoms with Crippen LogP contribution in [-0.4, -0.2) is 22.5 Å². The molecule has 4 N–H and O–H groups in total. The van der Waals surface area contributed by atoms with Crippen LogP contribution < -0.4 is 11.1 Å². The number of nitrogens with two attached hydrogens (primary N) is 1. The molecule has 2 rings (SSSR count). The van der Waals surface area contributed by atoms with Crippen LogP contribution in [0.2, 0.25) is 10.0 Å². The number of hydrogen-bond donors (Lipinski definition) is 3. The zero-order valence-corrected chi connectivity index (χ0v) is 12.8. The number of aromatic carboxylic acids is 1. The number of anilines is 1. The number of carbonyl (C=O) groups excluding carboxylic acids is 1. The highest BCUT2D eigenvalue weighted by Gasteiger charge is 2.36. The van der Waals surface area contributed by atoms with Gasteiger partial charge in [0, 0.05) is 5.02 Å². The number of halogens is 2. The summed E-state index contributed by atoms with van der Waals surface area (Å²) in [6.45, 7) is 0. The molecule has 1 aliphatic carbocycles. The summed E-state index contributed by atoms with van der Waals surface area (Å²) in [7, 11) is 0. The number of benzene rings is 1. The largest absolute Gasteiger partial charge is 0.478 e. The highest BCUT2D eigenvalue weighted by Crippen LogP contribution is 2.33. The van der Waals surface area contributed by atoms with Gasteiger partial charge in [0.15, 0.2) is 0 Å². The van der Waals surface area contributed by atoms with Crippen molar-refractivity contribution in [2.75, 3.05) is 5.32 Å². The van der Waals surface area contributed by atoms with E-state index in [1.807, 2.05) is 0 Å². The molecule has 1 saturated carbocycles. The molecule has 1 aromatic carbocycles. The molecule has 0 aliphatic heterocycles. The standard InChI is InChI=1S/C14H16Cl2N2O3/c15-8-6-9(12(19)20)11(10(16)7-8)18-13(21)14(17)4-2-1-3-5-14/h6-7H,1-5,17H2,(H,18,21)(H,19,20). The van der Waals surface area contributed by atoms with E-state index in [1.54, 1.807) is 0 Å². The van der Waals surface area contributed by atoms with Gasteiger partial charge < -0.3 is 16.2 Å². The number of amides is 1. The fourth-order valence-corrected chi connectivity index (χ4v) is 3.06. The lowest BCUT2D eigenvalue weighted by Crippen LogP contribution is -2.52. The van der Waals surface area contributed by atoms with Gasteiger partial charge in [-0.3, -0.25) is 4.79 Å². The number of carboxylic acids is 1. The van der Waals surface area contributed by atoms with E-state index in [-0.39, 0.29) is 21.3 Å². The predicted molar refractivity (Wildman–Crippen MR) is 82.1 cm³/mol. The lowest BCUT2D eigenvalue weighted by Gasteiger charge is -2.32. The summed E-state index contributed by atoms with van der Waals surface area (Å²) >= 11 is 11.8. The topological polar surface area (TPSA) is 92.4 Å². The molecule has 1 aromatic rings. The Morgan fingerprint density at radius 3 is 2.38 bits per heavy atom. The van der Waals surface area contributed by atoms with E-state index >= 15 is 0 Å². The third kappa shape index (κ3) is 3.48. The van der Waals surface area contributed by atoms with Crippen LogP contribution in [0.3, 0.4) is 0 Å². The third-order valence-electron chi connectivity index (χ3n) is 3.72. The van der Waals surface area contributed by atoms with E-state index in [0.29, 0.717) is 12.8 Å². The van der Waals surface area contributed by atoms with Crippen LogP contribution in [0.25, 0.3) is 0 Å². The molecule has 0 unspecified atom stereocenters. The Hall–Kier alpha value is -1.30. The van der Waals surface area contributed by atoms with Gasteiger partial charge in [-0.1, -0.05) is 42.5 Å². The van der Waals surface area contributed by atoms with E-state index in [1.165, 1.54) is 12.1 Å². The van der Waals surface area contributed by atoms with Crippen molar-refractivity contribution in [3.63, 3.8) is 0 Å². The number of rotatable bonds is 3. The quantitative estimate of drug-likeness (QED) is 0.792. The number of hydrogen-bond acceptors (Lipinski definition) is 3. The molecule has 0 saturated heterocycles. The van der Waals surface area contributed by atoms with Crippen molar-refractivity contribution in [3.8, 4) is 0 Å². The lowest BCUT2D eigenvalue weighted by atomic mass is 9.82. The molecule has 21 heavy (non-hydrogen) atoms. The fourth-order valence-electron chi connectivity index (χ4n) is 2.52. The van der Waals surface area contributed by atoms with Crippen LogP contribution in [0.15, 0.2) is 12.1 Å². The van der Waals surface area contributed by atoms with Gasteiger partial charge in [-0.2, -0.15) is 0 Å². The van der Waals surface area contributed by atoms with Crippen molar-refractivity contribution < 1.29 is 14.7 Å². The van der Waals surface area contributed by atoms with Crippen LogP contribution >= 0.6 is 23.2 Å². The van der Waals surface area contributed by atoms with E-state index < -0.39 is 17.4 Å². The maximum Gasteiger partial charge on any atom is 0.337 e. The van der Waals surface area contributed by atoms with Gasteiger partial charge in [0.2, 0.25) is 5.91 Å². The average molecular weight is 331 g/mol. The molecule has 0 bridgehead atoms. The minimum Gasteiger partial charge on any atom is -0.478 e. The van der Waals surface area contributed by atoms with Crippen LogP contribution in [0.4, 0.5) is 5.69 Å². The summed E-state index contributed by atoms with van der Waals surface area (Å²) in [6.07, 6.45) is 3.96. The van der Waals surface area contributed by atoms with Crippen LogP contribution in [0.5, 0.6) is 0 Å². The van der Waals surface area contributed by atoms with Crippen molar-refractivity contribution in [2.45, 2.75) is 37.6 Å². The Bertz CT molecular complexity index is 584. The molecular formula is C14H16Cl2N2O3. The number of carbonyl (C=O) groups is 2. The van der Waals surface area contributed by atoms with Crippen LogP contribution in [0.1, 0.15) is 42.5 Å². The minimum atomic E-state index is -1.22. The van der Waals surface area contributed by atoms with Gasteiger partial charge >= 0.3 is 5.97 Å². The van der Waals surface area contributed by atoms with Gasteiger partial charge in [0.1, 0.15) is 0 Å². The summed E-state index contributed by atoms with van der Waals surface area (Å²) in [5.74, 6) is -1.63. The molecule has 1 amide bonds. The summed E-state index contributed by atoms with van der Waals surface area (Å²) < 4.78 is 0. The monoisotopic (exact) mass is 330 g/mol. The lowest BCUT2D eigenvalue weighted by molar-refractivity contribution is -0.122. The minimum absolute atomic E-state index is 0.0361. The third-order valence-corrected chi connectivity index (χ3v) is 4.24. The highest BCUT2D eigenvalue weighted by molar-refractivity contribution is 6.37. The summed E-state index contributed by atoms with van der Waals surface area (Å²) in [4.78, 5) is 23.6. The molecular weight excluding hydrogens is 315 g/mol. The number of nitrogens with one attached hydrogen (secondary N) is 1. The maximum absolute atomic E-state index is 12.4. The van der Waals surface area contributed by atoms with E-state index in [0.717, 1.165) is 19.3 Å². The predicted octanol–water partition coefficient (Wildman–Crippen LogP) is 3.29. The second kappa shape index (κ2) is 6.22. The van der Waals surface area contributed by atoms with Crippen molar-refractivity contribution in [2.24, 2.45) is 5.73 Å². The molecule has 0 atom stereocenters. The Morgan fingerprint density at radius 2 is 1.81 bits per heavy atom. The normalized spacial score (nSPS) is 17.3. The molecule has 0 radical (unpaired) electrons. The first-order valence-electron chi connectivity index (χ1n) is 6.66. The van der Waals surface area contributed by atoms with Gasteiger partial charge in [0.25, 0.3) is 0 Å². The summed E-state index contributed by atoms with van der Waals surface area (Å²) in [5.41, 5.74) is 5.04. The molecule has 114 valence electrons. The van der Waals surface area contributed by atoms with Crippen LogP contribution in [0, 0.1) is 0 Å². The van der Waals surface area contributed by atoms with Gasteiger partial charge in [0.05, 0.1) is 21.8 Å². The zero-order chi connectivity index (χ0) is 15.6. The molecule has 0 spiro atoms. The van der Waals surface area contributed by atoms with Gasteiger partial charge in [-0.25, -0.2) is 4.79 Å². The van der Waals surface area contributed by atoms with E-state index in [2.05, 4.69) is 5.32 Å². The summed E-state index contributed by atoms with van der Waals surface area (Å²) in [6, 6.07) is 2.63. The molecule has 5 nitrogen and oxygen atoms in total. The summed E-state index contributed by atoms with van der Waals surface area (Å²) in [5, 5.41) is 12.0. The molecule has 1 fully saturated rings. The molecule has 1 aliphatic rings. The van der Waals surface area contributed by atoms with E-state index in [4.69, 9.17) is 28.9 Å². The average Bonchev–Trinajstić information content (AvgIpc) is 2.41. The Balaban J connectivity index is 2.30. The van der Waals surface area contributed by atoms with Crippen molar-refractivity contribution >= 4 is 40.8 Å². The second-order valence-corrected chi connectivity index (χ2v) is 6.13. The first-order chi connectivity index (χ1) is 9.83. The SMILES string of the molecule is NC1(C(=O)Nc2c(Cl)cc(Cl)cc2C(=O)O)CCCCC1. The van der Waals surface area contributed by atoms with Gasteiger partial charge in [-0.05, 0) is 25.0 Å². The zero-order valence-electron chi connectivity index (χ0n) is 11.3. The number of carboxylic acid groups (broad SMARTS) is 1. The Morgan fingerprint density at radius 1 is 1.19 bits per heavy atom. The smallest absolute Gasteiger partial charge is 0.337 e. The Labute approximate surface area is 132 Å². The van der Waals surface area contributed by atoms with E-state index in [9.17, 15) is 14.7 Å². The fraction of sp³-hybridized carbons (Fsp3) is 0.429. The van der Waals surface area contributed by atoms with Crippen molar-refractivity contribution in [3.05, 3.63) is 27.7 Å². The first kappa shape index (κ1) is 16.1. The van der Waals surface area contributed by atoms with Gasteiger partial charge in [-0.15, -0.1) is 0 Å². The van der Waals surface area contributed by atoms with Crippen molar-refractivity contribution in [1.29, 1.82) is 0 Å². The van der Waals surface area contributed by atoms with Crippen molar-refractivity contribution in [1.82, 2.24) is 0 Å². The molecule has 0 aromatic heterocycles. The van der Waals surface area contributed by atoms with Crippen LogP contribution in [-0.2, 0) is 4.79 Å². The molecule has 7 heteroatoms. The Kier molecular flexibility index (Phi) is 4.76. The second-order valence-electron chi connectivity index (χ2n) is 5.29.